The van der Waals surface area contributed by atoms with E-state index in [4.69, 9.17) is 23.2 Å². The molecule has 0 aliphatic heterocycles. The summed E-state index contributed by atoms with van der Waals surface area (Å²) in [6, 6.07) is 1.89. The number of nitrogens with zero attached hydrogens (tertiary/aromatic N) is 1. The van der Waals surface area contributed by atoms with Gasteiger partial charge >= 0.3 is 0 Å². The van der Waals surface area contributed by atoms with E-state index in [9.17, 15) is 0 Å². The lowest BCUT2D eigenvalue weighted by molar-refractivity contribution is 0.341. The molecule has 1 heterocycles. The molecule has 1 aliphatic rings. The number of nitrogens with one attached hydrogen (secondary N) is 1. The van der Waals surface area contributed by atoms with Crippen LogP contribution in [0.15, 0.2) is 18.5 Å². The monoisotopic (exact) mass is 230 g/mol. The van der Waals surface area contributed by atoms with E-state index in [-0.39, 0.29) is 0 Å². The second kappa shape index (κ2) is 4.37. The maximum Gasteiger partial charge on any atom is 0.0820 e. The first-order valence-electron chi connectivity index (χ1n) is 4.73. The zero-order chi connectivity index (χ0) is 9.97. The van der Waals surface area contributed by atoms with E-state index in [1.54, 1.807) is 12.4 Å². The number of aromatic nitrogens is 1. The number of rotatable bonds is 3. The van der Waals surface area contributed by atoms with Gasteiger partial charge in [0, 0.05) is 24.3 Å². The van der Waals surface area contributed by atoms with Gasteiger partial charge in [-0.2, -0.15) is 0 Å². The van der Waals surface area contributed by atoms with Crippen molar-refractivity contribution in [3.8, 4) is 0 Å². The van der Waals surface area contributed by atoms with Crippen LogP contribution < -0.4 is 5.32 Å². The van der Waals surface area contributed by atoms with Crippen LogP contribution in [0.25, 0.3) is 0 Å². The Labute approximate surface area is 93.6 Å². The van der Waals surface area contributed by atoms with Crippen molar-refractivity contribution in [2.24, 2.45) is 5.92 Å². The van der Waals surface area contributed by atoms with Crippen LogP contribution in [0.5, 0.6) is 0 Å². The first-order valence-corrected chi connectivity index (χ1v) is 5.54. The highest BCUT2D eigenvalue weighted by Crippen LogP contribution is 2.32. The average Bonchev–Trinajstić information content (AvgIpc) is 2.13. The summed E-state index contributed by atoms with van der Waals surface area (Å²) in [7, 11) is 0. The second-order valence-corrected chi connectivity index (χ2v) is 4.70. The zero-order valence-electron chi connectivity index (χ0n) is 7.71. The van der Waals surface area contributed by atoms with Crippen molar-refractivity contribution in [1.29, 1.82) is 0 Å². The van der Waals surface area contributed by atoms with E-state index in [2.05, 4.69) is 10.3 Å². The topological polar surface area (TPSA) is 24.9 Å². The molecule has 14 heavy (non-hydrogen) atoms. The maximum atomic E-state index is 5.95. The van der Waals surface area contributed by atoms with Gasteiger partial charge in [-0.15, -0.1) is 11.6 Å². The van der Waals surface area contributed by atoms with Gasteiger partial charge in [-0.05, 0) is 24.8 Å². The lowest BCUT2D eigenvalue weighted by atomic mass is 9.85. The van der Waals surface area contributed by atoms with Gasteiger partial charge in [0.15, 0.2) is 0 Å². The Hall–Kier alpha value is -0.470. The van der Waals surface area contributed by atoms with Gasteiger partial charge in [0.05, 0.1) is 10.7 Å². The Kier molecular flexibility index (Phi) is 3.14. The third-order valence-electron chi connectivity index (χ3n) is 2.53. The predicted molar refractivity (Wildman–Crippen MR) is 60.1 cm³/mol. The first kappa shape index (κ1) is 10.1. The lowest BCUT2D eigenvalue weighted by Crippen LogP contribution is -2.29. The normalized spacial score (nSPS) is 25.6. The summed E-state index contributed by atoms with van der Waals surface area (Å²) in [5, 5.41) is 4.36. The molecule has 76 valence electrons. The Morgan fingerprint density at radius 1 is 1.50 bits per heavy atom. The van der Waals surface area contributed by atoms with Crippen LogP contribution in [0, 0.1) is 5.92 Å². The molecule has 1 aliphatic carbocycles. The van der Waals surface area contributed by atoms with Gasteiger partial charge in [-0.1, -0.05) is 11.6 Å². The minimum absolute atomic E-state index is 0.384. The minimum Gasteiger partial charge on any atom is -0.383 e. The molecule has 0 saturated heterocycles. The third kappa shape index (κ3) is 2.31. The molecule has 4 heteroatoms. The number of alkyl halides is 1. The van der Waals surface area contributed by atoms with Crippen molar-refractivity contribution in [1.82, 2.24) is 4.98 Å². The van der Waals surface area contributed by atoms with Crippen LogP contribution in [-0.2, 0) is 0 Å². The number of hydrogen-bond donors (Lipinski definition) is 1. The van der Waals surface area contributed by atoms with Gasteiger partial charge in [0.25, 0.3) is 0 Å². The predicted octanol–water partition coefficient (Wildman–Crippen LogP) is 3.16. The molecule has 1 aromatic heterocycles. The quantitative estimate of drug-likeness (QED) is 0.808. The molecule has 1 aromatic rings. The molecule has 1 fully saturated rings. The van der Waals surface area contributed by atoms with Crippen molar-refractivity contribution in [2.45, 2.75) is 18.2 Å². The fraction of sp³-hybridized carbons (Fsp3) is 0.500. The molecule has 0 bridgehead atoms. The fourth-order valence-electron chi connectivity index (χ4n) is 1.59. The Balaban J connectivity index is 1.83. The Bertz CT molecular complexity index is 311. The molecule has 0 atom stereocenters. The Morgan fingerprint density at radius 3 is 2.93 bits per heavy atom. The van der Waals surface area contributed by atoms with Crippen LogP contribution in [0.2, 0.25) is 5.02 Å². The molecule has 1 saturated carbocycles. The van der Waals surface area contributed by atoms with E-state index in [1.165, 1.54) is 0 Å². The molecule has 1 N–H and O–H groups in total. The number of hydrogen-bond acceptors (Lipinski definition) is 2. The van der Waals surface area contributed by atoms with E-state index in [0.717, 1.165) is 25.1 Å². The summed E-state index contributed by atoms with van der Waals surface area (Å²) in [6.07, 6.45) is 5.60. The van der Waals surface area contributed by atoms with Crippen molar-refractivity contribution in [2.75, 3.05) is 11.9 Å². The molecule has 0 unspecified atom stereocenters. The Morgan fingerprint density at radius 2 is 2.29 bits per heavy atom. The summed E-state index contributed by atoms with van der Waals surface area (Å²) in [5.41, 5.74) is 0.958. The first-order chi connectivity index (χ1) is 6.75. The van der Waals surface area contributed by atoms with Gasteiger partial charge in [-0.3, -0.25) is 4.98 Å². The van der Waals surface area contributed by atoms with Gasteiger partial charge in [0.1, 0.15) is 0 Å². The third-order valence-corrected chi connectivity index (χ3v) is 3.19. The summed E-state index contributed by atoms with van der Waals surface area (Å²) in [6.45, 7) is 0.951. The van der Waals surface area contributed by atoms with Crippen molar-refractivity contribution in [3.05, 3.63) is 23.5 Å². The van der Waals surface area contributed by atoms with Crippen molar-refractivity contribution < 1.29 is 0 Å². The largest absolute Gasteiger partial charge is 0.383 e. The van der Waals surface area contributed by atoms with E-state index in [0.29, 0.717) is 16.3 Å². The van der Waals surface area contributed by atoms with Crippen molar-refractivity contribution >= 4 is 28.9 Å². The van der Waals surface area contributed by atoms with Crippen LogP contribution in [-0.4, -0.2) is 16.9 Å². The number of anilines is 1. The zero-order valence-corrected chi connectivity index (χ0v) is 9.22. The van der Waals surface area contributed by atoms with Gasteiger partial charge in [0.2, 0.25) is 0 Å². The molecule has 0 radical (unpaired) electrons. The van der Waals surface area contributed by atoms with E-state index in [1.807, 2.05) is 6.07 Å². The van der Waals surface area contributed by atoms with Crippen LogP contribution in [0.1, 0.15) is 12.8 Å². The number of pyridine rings is 1. The summed E-state index contributed by atoms with van der Waals surface area (Å²) < 4.78 is 0. The van der Waals surface area contributed by atoms with E-state index < -0.39 is 0 Å². The molecular weight excluding hydrogens is 219 g/mol. The molecule has 2 nitrogen and oxygen atoms in total. The standard InChI is InChI=1S/C10H12Cl2N2/c11-8-3-7(4-8)5-14-10-1-2-13-6-9(10)12/h1-2,6-8H,3-5H2,(H,13,14). The molecule has 0 spiro atoms. The SMILES string of the molecule is Clc1cnccc1NCC1CC(Cl)C1. The van der Waals surface area contributed by atoms with Crippen molar-refractivity contribution in [3.63, 3.8) is 0 Å². The van der Waals surface area contributed by atoms with Gasteiger partial charge in [-0.25, -0.2) is 0 Å². The second-order valence-electron chi connectivity index (χ2n) is 3.67. The summed E-state index contributed by atoms with van der Waals surface area (Å²) in [5.74, 6) is 0.696. The van der Waals surface area contributed by atoms with Crippen LogP contribution >= 0.6 is 23.2 Å². The summed E-state index contributed by atoms with van der Waals surface area (Å²) in [4.78, 5) is 3.93. The highest BCUT2D eigenvalue weighted by atomic mass is 35.5. The summed E-state index contributed by atoms with van der Waals surface area (Å²) >= 11 is 11.8. The molecule has 2 rings (SSSR count). The highest BCUT2D eigenvalue weighted by Gasteiger charge is 2.26. The average molecular weight is 231 g/mol. The van der Waals surface area contributed by atoms with E-state index >= 15 is 0 Å². The van der Waals surface area contributed by atoms with Gasteiger partial charge < -0.3 is 5.32 Å². The van der Waals surface area contributed by atoms with Crippen LogP contribution in [0.4, 0.5) is 5.69 Å². The number of halogens is 2. The lowest BCUT2D eigenvalue weighted by Gasteiger charge is -2.31. The highest BCUT2D eigenvalue weighted by molar-refractivity contribution is 6.33. The minimum atomic E-state index is 0.384. The van der Waals surface area contributed by atoms with Crippen LogP contribution in [0.3, 0.4) is 0 Å². The fourth-order valence-corrected chi connectivity index (χ4v) is 2.28. The molecular formula is C10H12Cl2N2. The molecule has 0 amide bonds. The smallest absolute Gasteiger partial charge is 0.0820 e. The molecule has 0 aromatic carbocycles. The maximum absolute atomic E-state index is 5.95.